The van der Waals surface area contributed by atoms with Gasteiger partial charge in [-0.05, 0) is 11.8 Å². The summed E-state index contributed by atoms with van der Waals surface area (Å²) in [6, 6.07) is 0. The lowest BCUT2D eigenvalue weighted by Crippen LogP contribution is -2.31. The summed E-state index contributed by atoms with van der Waals surface area (Å²) in [5, 5.41) is 6.64. The van der Waals surface area contributed by atoms with Crippen molar-refractivity contribution in [2.75, 3.05) is 38.3 Å². The van der Waals surface area contributed by atoms with Gasteiger partial charge in [0.15, 0.2) is 5.13 Å². The number of nitrogens with zero attached hydrogens (tertiary/aromatic N) is 2. The van der Waals surface area contributed by atoms with Gasteiger partial charge in [0.25, 0.3) is 0 Å². The number of rotatable bonds is 10. The highest BCUT2D eigenvalue weighted by atomic mass is 32.1. The molecular formula is C15H29N3OS. The number of thiazole rings is 1. The van der Waals surface area contributed by atoms with Crippen molar-refractivity contribution in [3.63, 3.8) is 0 Å². The molecule has 0 aliphatic heterocycles. The number of methoxy groups -OCH3 is 1. The quantitative estimate of drug-likeness (QED) is 0.674. The third-order valence-electron chi connectivity index (χ3n) is 2.77. The summed E-state index contributed by atoms with van der Waals surface area (Å²) in [5.74, 6) is 1.31. The van der Waals surface area contributed by atoms with E-state index in [4.69, 9.17) is 9.72 Å². The molecule has 0 bridgehead atoms. The van der Waals surface area contributed by atoms with Crippen LogP contribution in [0.3, 0.4) is 0 Å². The van der Waals surface area contributed by atoms with Gasteiger partial charge in [0.2, 0.25) is 0 Å². The van der Waals surface area contributed by atoms with E-state index >= 15 is 0 Å². The highest BCUT2D eigenvalue weighted by Gasteiger charge is 2.14. The fourth-order valence-electron chi connectivity index (χ4n) is 2.03. The molecule has 5 heteroatoms. The average molecular weight is 299 g/mol. The molecule has 1 aromatic rings. The molecule has 4 nitrogen and oxygen atoms in total. The van der Waals surface area contributed by atoms with Gasteiger partial charge in [0.05, 0.1) is 12.3 Å². The fourth-order valence-corrected chi connectivity index (χ4v) is 2.87. The fraction of sp³-hybridized carbons (Fsp3) is 0.800. The molecule has 1 rings (SSSR count). The van der Waals surface area contributed by atoms with Crippen LogP contribution in [0.25, 0.3) is 0 Å². The van der Waals surface area contributed by atoms with Crippen molar-refractivity contribution >= 4 is 16.5 Å². The summed E-state index contributed by atoms with van der Waals surface area (Å²) in [6.07, 6.45) is 0. The maximum Gasteiger partial charge on any atom is 0.185 e. The Kier molecular flexibility index (Phi) is 8.11. The molecule has 0 radical (unpaired) electrons. The second kappa shape index (κ2) is 9.32. The first-order valence-electron chi connectivity index (χ1n) is 7.42. The van der Waals surface area contributed by atoms with Crippen molar-refractivity contribution in [3.8, 4) is 0 Å². The van der Waals surface area contributed by atoms with E-state index in [9.17, 15) is 0 Å². The van der Waals surface area contributed by atoms with Gasteiger partial charge in [-0.25, -0.2) is 4.98 Å². The number of hydrogen-bond donors (Lipinski definition) is 1. The zero-order chi connectivity index (χ0) is 15.0. The van der Waals surface area contributed by atoms with Gasteiger partial charge in [-0.2, -0.15) is 0 Å². The molecule has 0 saturated heterocycles. The van der Waals surface area contributed by atoms with Crippen LogP contribution in [0.1, 0.15) is 33.4 Å². The molecule has 0 fully saturated rings. The van der Waals surface area contributed by atoms with Crippen LogP contribution in [0, 0.1) is 11.8 Å². The predicted molar refractivity (Wildman–Crippen MR) is 87.6 cm³/mol. The van der Waals surface area contributed by atoms with Crippen molar-refractivity contribution in [2.45, 2.75) is 34.2 Å². The van der Waals surface area contributed by atoms with Gasteiger partial charge in [-0.3, -0.25) is 0 Å². The Balaban J connectivity index is 2.56. The van der Waals surface area contributed by atoms with Crippen LogP contribution in [0.5, 0.6) is 0 Å². The Morgan fingerprint density at radius 1 is 1.25 bits per heavy atom. The Morgan fingerprint density at radius 3 is 2.45 bits per heavy atom. The lowest BCUT2D eigenvalue weighted by molar-refractivity contribution is 0.199. The minimum Gasteiger partial charge on any atom is -0.383 e. The molecule has 1 aromatic heterocycles. The van der Waals surface area contributed by atoms with Gasteiger partial charge < -0.3 is 15.0 Å². The molecule has 116 valence electrons. The molecule has 1 N–H and O–H groups in total. The van der Waals surface area contributed by atoms with Crippen LogP contribution in [0.2, 0.25) is 0 Å². The van der Waals surface area contributed by atoms with E-state index in [0.717, 1.165) is 43.6 Å². The molecular weight excluding hydrogens is 270 g/mol. The number of aromatic nitrogens is 1. The molecule has 0 atom stereocenters. The summed E-state index contributed by atoms with van der Waals surface area (Å²) in [7, 11) is 1.72. The minimum absolute atomic E-state index is 0.654. The summed E-state index contributed by atoms with van der Waals surface area (Å²) < 4.78 is 5.02. The van der Waals surface area contributed by atoms with Gasteiger partial charge in [-0.15, -0.1) is 11.3 Å². The highest BCUT2D eigenvalue weighted by molar-refractivity contribution is 7.13. The lowest BCUT2D eigenvalue weighted by atomic mass is 10.1. The predicted octanol–water partition coefficient (Wildman–Crippen LogP) is 3.00. The van der Waals surface area contributed by atoms with E-state index in [0.29, 0.717) is 11.8 Å². The maximum absolute atomic E-state index is 5.02. The van der Waals surface area contributed by atoms with Gasteiger partial charge in [0.1, 0.15) is 0 Å². The van der Waals surface area contributed by atoms with Crippen molar-refractivity contribution in [1.29, 1.82) is 0 Å². The summed E-state index contributed by atoms with van der Waals surface area (Å²) in [6.45, 7) is 13.6. The number of hydrogen-bond acceptors (Lipinski definition) is 5. The van der Waals surface area contributed by atoms with Crippen LogP contribution < -0.4 is 10.2 Å². The van der Waals surface area contributed by atoms with Crippen molar-refractivity contribution < 1.29 is 4.74 Å². The Hall–Kier alpha value is -0.650. The van der Waals surface area contributed by atoms with Crippen LogP contribution >= 0.6 is 11.3 Å². The zero-order valence-corrected chi connectivity index (χ0v) is 14.3. The van der Waals surface area contributed by atoms with Gasteiger partial charge >= 0.3 is 0 Å². The lowest BCUT2D eigenvalue weighted by Gasteiger charge is -2.25. The molecule has 0 saturated carbocycles. The molecule has 20 heavy (non-hydrogen) atoms. The smallest absolute Gasteiger partial charge is 0.185 e. The van der Waals surface area contributed by atoms with E-state index < -0.39 is 0 Å². The Labute approximate surface area is 127 Å². The SMILES string of the molecule is COCCNCc1csc(N(CC(C)C)CC(C)C)n1. The summed E-state index contributed by atoms with van der Waals surface area (Å²) in [5.41, 5.74) is 1.12. The van der Waals surface area contributed by atoms with Crippen LogP contribution in [-0.4, -0.2) is 38.3 Å². The van der Waals surface area contributed by atoms with E-state index in [1.807, 2.05) is 0 Å². The van der Waals surface area contributed by atoms with Crippen LogP contribution in [0.15, 0.2) is 5.38 Å². The topological polar surface area (TPSA) is 37.4 Å². The molecule has 0 aromatic carbocycles. The van der Waals surface area contributed by atoms with Crippen molar-refractivity contribution in [3.05, 3.63) is 11.1 Å². The minimum atomic E-state index is 0.654. The first kappa shape index (κ1) is 17.4. The highest BCUT2D eigenvalue weighted by Crippen LogP contribution is 2.22. The zero-order valence-electron chi connectivity index (χ0n) is 13.5. The normalized spacial score (nSPS) is 11.6. The van der Waals surface area contributed by atoms with E-state index in [1.165, 1.54) is 0 Å². The first-order chi connectivity index (χ1) is 9.52. The largest absolute Gasteiger partial charge is 0.383 e. The molecule has 0 unspecified atom stereocenters. The van der Waals surface area contributed by atoms with E-state index in [1.54, 1.807) is 18.4 Å². The maximum atomic E-state index is 5.02. The van der Waals surface area contributed by atoms with Gasteiger partial charge in [-0.1, -0.05) is 27.7 Å². The molecule has 0 amide bonds. The number of nitrogens with one attached hydrogen (secondary N) is 1. The summed E-state index contributed by atoms with van der Waals surface area (Å²) in [4.78, 5) is 7.17. The number of anilines is 1. The molecule has 1 heterocycles. The monoisotopic (exact) mass is 299 g/mol. The van der Waals surface area contributed by atoms with E-state index in [2.05, 4.69) is 43.3 Å². The summed E-state index contributed by atoms with van der Waals surface area (Å²) >= 11 is 1.75. The van der Waals surface area contributed by atoms with Crippen LogP contribution in [-0.2, 0) is 11.3 Å². The van der Waals surface area contributed by atoms with Crippen LogP contribution in [0.4, 0.5) is 5.13 Å². The standard InChI is InChI=1S/C15H29N3OS/c1-12(2)9-18(10-13(3)4)15-17-14(11-20-15)8-16-6-7-19-5/h11-13,16H,6-10H2,1-5H3. The van der Waals surface area contributed by atoms with Crippen molar-refractivity contribution in [1.82, 2.24) is 10.3 Å². The second-order valence-electron chi connectivity index (χ2n) is 5.98. The molecule has 0 aliphatic rings. The average Bonchev–Trinajstić information content (AvgIpc) is 2.81. The Morgan fingerprint density at radius 2 is 1.90 bits per heavy atom. The third kappa shape index (κ3) is 6.68. The van der Waals surface area contributed by atoms with E-state index in [-0.39, 0.29) is 0 Å². The molecule has 0 aliphatic carbocycles. The second-order valence-corrected chi connectivity index (χ2v) is 6.82. The van der Waals surface area contributed by atoms with Crippen molar-refractivity contribution in [2.24, 2.45) is 11.8 Å². The Bertz CT molecular complexity index is 356. The van der Waals surface area contributed by atoms with Gasteiger partial charge in [0, 0.05) is 38.7 Å². The number of ether oxygens (including phenoxy) is 1. The third-order valence-corrected chi connectivity index (χ3v) is 3.72. The first-order valence-corrected chi connectivity index (χ1v) is 8.29. The molecule has 0 spiro atoms.